The first-order chi connectivity index (χ1) is 8.42. The lowest BCUT2D eigenvalue weighted by Crippen LogP contribution is -2.56. The zero-order chi connectivity index (χ0) is 13.6. The lowest BCUT2D eigenvalue weighted by atomic mass is 10.1. The van der Waals surface area contributed by atoms with Gasteiger partial charge in [0.1, 0.15) is 0 Å². The highest BCUT2D eigenvalue weighted by molar-refractivity contribution is 5.80. The lowest BCUT2D eigenvalue weighted by Gasteiger charge is -2.18. The standard InChI is InChI=1S/C12H17N3O3/c13-12(14,11(17)18)7-6-10(16)15-8-9-4-2-1-3-5-9/h1-5H,6-8,13-14H2,(H,15,16)(H,17,18). The SMILES string of the molecule is NC(N)(CCC(=O)NCc1ccccc1)C(=O)O. The Labute approximate surface area is 105 Å². The average Bonchev–Trinajstić information content (AvgIpc) is 2.35. The van der Waals surface area contributed by atoms with Gasteiger partial charge < -0.3 is 21.9 Å². The lowest BCUT2D eigenvalue weighted by molar-refractivity contribution is -0.143. The fourth-order valence-electron chi connectivity index (χ4n) is 1.31. The van der Waals surface area contributed by atoms with E-state index in [1.807, 2.05) is 30.3 Å². The third kappa shape index (κ3) is 4.52. The largest absolute Gasteiger partial charge is 0.479 e. The highest BCUT2D eigenvalue weighted by Gasteiger charge is 2.28. The first kappa shape index (κ1) is 14.1. The zero-order valence-corrected chi connectivity index (χ0v) is 9.93. The number of rotatable bonds is 6. The normalized spacial score (nSPS) is 11.0. The number of hydrogen-bond acceptors (Lipinski definition) is 4. The first-order valence-electron chi connectivity index (χ1n) is 5.53. The number of benzene rings is 1. The molecule has 0 bridgehead atoms. The van der Waals surface area contributed by atoms with Gasteiger partial charge in [0.25, 0.3) is 0 Å². The molecular weight excluding hydrogens is 234 g/mol. The molecule has 0 saturated heterocycles. The molecule has 0 aliphatic heterocycles. The van der Waals surface area contributed by atoms with E-state index in [4.69, 9.17) is 16.6 Å². The number of amides is 1. The molecule has 0 aliphatic rings. The molecule has 1 aromatic carbocycles. The third-order valence-electron chi connectivity index (χ3n) is 2.50. The minimum atomic E-state index is -1.86. The fraction of sp³-hybridized carbons (Fsp3) is 0.333. The van der Waals surface area contributed by atoms with Crippen LogP contribution in [0.25, 0.3) is 0 Å². The second kappa shape index (κ2) is 6.13. The summed E-state index contributed by atoms with van der Waals surface area (Å²) in [6, 6.07) is 9.39. The molecule has 98 valence electrons. The Morgan fingerprint density at radius 3 is 2.39 bits per heavy atom. The Morgan fingerprint density at radius 2 is 1.83 bits per heavy atom. The molecule has 0 heterocycles. The maximum Gasteiger partial charge on any atom is 0.338 e. The molecule has 0 spiro atoms. The monoisotopic (exact) mass is 251 g/mol. The van der Waals surface area contributed by atoms with Crippen molar-refractivity contribution in [3.63, 3.8) is 0 Å². The average molecular weight is 251 g/mol. The molecule has 0 aliphatic carbocycles. The van der Waals surface area contributed by atoms with Gasteiger partial charge in [0.2, 0.25) is 5.91 Å². The molecule has 1 aromatic rings. The van der Waals surface area contributed by atoms with Crippen LogP contribution >= 0.6 is 0 Å². The molecule has 0 fully saturated rings. The number of carboxylic acids is 1. The quantitative estimate of drug-likeness (QED) is 0.521. The number of nitrogens with one attached hydrogen (secondary N) is 1. The second-order valence-electron chi connectivity index (χ2n) is 4.11. The number of hydrogen-bond donors (Lipinski definition) is 4. The molecule has 0 unspecified atom stereocenters. The number of carboxylic acid groups (broad SMARTS) is 1. The minimum absolute atomic E-state index is 0.0217. The molecule has 6 heteroatoms. The zero-order valence-electron chi connectivity index (χ0n) is 9.93. The van der Waals surface area contributed by atoms with E-state index in [1.165, 1.54) is 0 Å². The van der Waals surface area contributed by atoms with Crippen molar-refractivity contribution in [1.29, 1.82) is 0 Å². The molecule has 0 saturated carbocycles. The minimum Gasteiger partial charge on any atom is -0.479 e. The van der Waals surface area contributed by atoms with Crippen LogP contribution in [0.15, 0.2) is 30.3 Å². The summed E-state index contributed by atoms with van der Waals surface area (Å²) in [7, 11) is 0. The van der Waals surface area contributed by atoms with Crippen molar-refractivity contribution in [3.05, 3.63) is 35.9 Å². The van der Waals surface area contributed by atoms with Crippen molar-refractivity contribution in [2.45, 2.75) is 25.0 Å². The summed E-state index contributed by atoms with van der Waals surface area (Å²) in [4.78, 5) is 22.1. The second-order valence-corrected chi connectivity index (χ2v) is 4.11. The van der Waals surface area contributed by atoms with E-state index in [-0.39, 0.29) is 18.7 Å². The van der Waals surface area contributed by atoms with E-state index >= 15 is 0 Å². The van der Waals surface area contributed by atoms with Crippen molar-refractivity contribution in [2.75, 3.05) is 0 Å². The summed E-state index contributed by atoms with van der Waals surface area (Å²) in [5.41, 5.74) is 9.74. The smallest absolute Gasteiger partial charge is 0.338 e. The van der Waals surface area contributed by atoms with Crippen molar-refractivity contribution in [2.24, 2.45) is 11.5 Å². The molecule has 0 radical (unpaired) electrons. The summed E-state index contributed by atoms with van der Waals surface area (Å²) in [6.45, 7) is 0.398. The van der Waals surface area contributed by atoms with E-state index < -0.39 is 11.6 Å². The van der Waals surface area contributed by atoms with E-state index in [0.717, 1.165) is 5.56 Å². The topological polar surface area (TPSA) is 118 Å². The Hall–Kier alpha value is -1.92. The predicted molar refractivity (Wildman–Crippen MR) is 66.3 cm³/mol. The van der Waals surface area contributed by atoms with Crippen molar-refractivity contribution >= 4 is 11.9 Å². The summed E-state index contributed by atoms with van der Waals surface area (Å²) in [5, 5.41) is 11.3. The molecule has 0 atom stereocenters. The summed E-state index contributed by atoms with van der Waals surface area (Å²) < 4.78 is 0. The van der Waals surface area contributed by atoms with Gasteiger partial charge in [-0.05, 0) is 12.0 Å². The maximum absolute atomic E-state index is 11.5. The van der Waals surface area contributed by atoms with Crippen LogP contribution in [0, 0.1) is 0 Å². The number of aliphatic carboxylic acids is 1. The summed E-state index contributed by atoms with van der Waals surface area (Å²) >= 11 is 0. The van der Waals surface area contributed by atoms with Crippen LogP contribution in [-0.4, -0.2) is 22.6 Å². The van der Waals surface area contributed by atoms with Crippen LogP contribution in [0.5, 0.6) is 0 Å². The number of carbonyl (C=O) groups is 2. The van der Waals surface area contributed by atoms with Gasteiger partial charge in [-0.3, -0.25) is 4.79 Å². The van der Waals surface area contributed by atoms with Crippen LogP contribution in [0.1, 0.15) is 18.4 Å². The Morgan fingerprint density at radius 1 is 1.22 bits per heavy atom. The molecule has 0 aromatic heterocycles. The van der Waals surface area contributed by atoms with Gasteiger partial charge in [-0.15, -0.1) is 0 Å². The van der Waals surface area contributed by atoms with Crippen LogP contribution < -0.4 is 16.8 Å². The summed E-state index contributed by atoms with van der Waals surface area (Å²) in [6.07, 6.45) is -0.130. The van der Waals surface area contributed by atoms with Gasteiger partial charge in [0, 0.05) is 13.0 Å². The van der Waals surface area contributed by atoms with Crippen LogP contribution in [0.3, 0.4) is 0 Å². The van der Waals surface area contributed by atoms with Crippen molar-refractivity contribution in [1.82, 2.24) is 5.32 Å². The first-order valence-corrected chi connectivity index (χ1v) is 5.53. The van der Waals surface area contributed by atoms with Gasteiger partial charge >= 0.3 is 5.97 Å². The third-order valence-corrected chi connectivity index (χ3v) is 2.50. The predicted octanol–water partition coefficient (Wildman–Crippen LogP) is -0.219. The van der Waals surface area contributed by atoms with Crippen LogP contribution in [-0.2, 0) is 16.1 Å². The highest BCUT2D eigenvalue weighted by Crippen LogP contribution is 2.03. The van der Waals surface area contributed by atoms with E-state index in [0.29, 0.717) is 6.54 Å². The molecule has 1 amide bonds. The van der Waals surface area contributed by atoms with E-state index in [1.54, 1.807) is 0 Å². The Balaban J connectivity index is 2.33. The molecule has 18 heavy (non-hydrogen) atoms. The molecule has 6 N–H and O–H groups in total. The molecule has 6 nitrogen and oxygen atoms in total. The van der Waals surface area contributed by atoms with Crippen molar-refractivity contribution < 1.29 is 14.7 Å². The van der Waals surface area contributed by atoms with E-state index in [2.05, 4.69) is 5.32 Å². The fourth-order valence-corrected chi connectivity index (χ4v) is 1.31. The van der Waals surface area contributed by atoms with Crippen molar-refractivity contribution in [3.8, 4) is 0 Å². The Kier molecular flexibility index (Phi) is 4.82. The maximum atomic E-state index is 11.5. The van der Waals surface area contributed by atoms with Crippen LogP contribution in [0.4, 0.5) is 0 Å². The van der Waals surface area contributed by atoms with Gasteiger partial charge in [0.15, 0.2) is 5.66 Å². The number of carbonyl (C=O) groups excluding carboxylic acids is 1. The van der Waals surface area contributed by atoms with Gasteiger partial charge in [-0.25, -0.2) is 4.79 Å². The van der Waals surface area contributed by atoms with Gasteiger partial charge in [-0.1, -0.05) is 30.3 Å². The van der Waals surface area contributed by atoms with Crippen LogP contribution in [0.2, 0.25) is 0 Å². The highest BCUT2D eigenvalue weighted by atomic mass is 16.4. The summed E-state index contributed by atoms with van der Waals surface area (Å²) in [5.74, 6) is -1.60. The molecule has 1 rings (SSSR count). The molecular formula is C12H17N3O3. The van der Waals surface area contributed by atoms with E-state index in [9.17, 15) is 9.59 Å². The Bertz CT molecular complexity index is 418. The van der Waals surface area contributed by atoms with Gasteiger partial charge in [-0.2, -0.15) is 0 Å². The number of nitrogens with two attached hydrogens (primary N) is 2. The van der Waals surface area contributed by atoms with Gasteiger partial charge in [0.05, 0.1) is 0 Å².